The van der Waals surface area contributed by atoms with E-state index in [4.69, 9.17) is 11.6 Å². The van der Waals surface area contributed by atoms with Gasteiger partial charge in [0.25, 0.3) is 5.91 Å². The molecule has 2 aromatic carbocycles. The Morgan fingerprint density at radius 2 is 1.69 bits per heavy atom. The van der Waals surface area contributed by atoms with Crippen molar-refractivity contribution >= 4 is 46.2 Å². The highest BCUT2D eigenvalue weighted by Crippen LogP contribution is 2.31. The van der Waals surface area contributed by atoms with Crippen LogP contribution in [0.1, 0.15) is 5.56 Å². The summed E-state index contributed by atoms with van der Waals surface area (Å²) < 4.78 is 0. The van der Waals surface area contributed by atoms with Gasteiger partial charge in [-0.3, -0.25) is 4.79 Å². The Morgan fingerprint density at radius 3 is 2.42 bits per heavy atom. The van der Waals surface area contributed by atoms with Crippen LogP contribution in [0.4, 0.5) is 5.69 Å². The SMILES string of the molecule is O=C1N=C(N2CCN(c3ccccc3)CC2)S/C1=C\c1cccc(Cl)c1. The lowest BCUT2D eigenvalue weighted by molar-refractivity contribution is -0.113. The number of halogens is 1. The van der Waals surface area contributed by atoms with E-state index in [-0.39, 0.29) is 5.91 Å². The van der Waals surface area contributed by atoms with Gasteiger partial charge in [-0.25, -0.2) is 0 Å². The van der Waals surface area contributed by atoms with Crippen LogP contribution in [0.5, 0.6) is 0 Å². The maximum absolute atomic E-state index is 12.3. The molecule has 0 N–H and O–H groups in total. The van der Waals surface area contributed by atoms with E-state index in [1.54, 1.807) is 0 Å². The Kier molecular flexibility index (Phi) is 5.00. The monoisotopic (exact) mass is 383 g/mol. The van der Waals surface area contributed by atoms with Crippen molar-refractivity contribution in [2.24, 2.45) is 4.99 Å². The highest BCUT2D eigenvalue weighted by atomic mass is 35.5. The smallest absolute Gasteiger partial charge is 0.286 e. The molecule has 4 nitrogen and oxygen atoms in total. The summed E-state index contributed by atoms with van der Waals surface area (Å²) in [5, 5.41) is 1.46. The normalized spacial score (nSPS) is 19.2. The maximum Gasteiger partial charge on any atom is 0.286 e. The minimum atomic E-state index is -0.171. The molecule has 0 aliphatic carbocycles. The molecule has 0 spiro atoms. The van der Waals surface area contributed by atoms with Crippen molar-refractivity contribution < 1.29 is 4.79 Å². The zero-order valence-electron chi connectivity index (χ0n) is 14.1. The van der Waals surface area contributed by atoms with Gasteiger partial charge in [0, 0.05) is 36.9 Å². The van der Waals surface area contributed by atoms with Crippen LogP contribution in [0.3, 0.4) is 0 Å². The molecule has 0 atom stereocenters. The van der Waals surface area contributed by atoms with Gasteiger partial charge in [-0.05, 0) is 47.7 Å². The van der Waals surface area contributed by atoms with Crippen LogP contribution in [0.15, 0.2) is 64.5 Å². The van der Waals surface area contributed by atoms with Crippen LogP contribution in [0.2, 0.25) is 5.02 Å². The molecule has 0 radical (unpaired) electrons. The van der Waals surface area contributed by atoms with Crippen LogP contribution in [-0.4, -0.2) is 42.2 Å². The Bertz CT molecular complexity index is 874. The van der Waals surface area contributed by atoms with Crippen molar-refractivity contribution in [3.05, 3.63) is 70.1 Å². The van der Waals surface area contributed by atoms with Gasteiger partial charge < -0.3 is 9.80 Å². The molecular weight excluding hydrogens is 366 g/mol. The molecule has 2 aliphatic rings. The molecule has 0 aromatic heterocycles. The van der Waals surface area contributed by atoms with E-state index >= 15 is 0 Å². The number of piperazine rings is 1. The predicted molar refractivity (Wildman–Crippen MR) is 110 cm³/mol. The first-order valence-electron chi connectivity index (χ1n) is 8.52. The number of para-hydroxylation sites is 1. The quantitative estimate of drug-likeness (QED) is 0.730. The number of nitrogens with zero attached hydrogens (tertiary/aromatic N) is 3. The van der Waals surface area contributed by atoms with E-state index in [9.17, 15) is 4.79 Å². The third-order valence-electron chi connectivity index (χ3n) is 4.43. The molecule has 0 unspecified atom stereocenters. The third kappa shape index (κ3) is 3.79. The van der Waals surface area contributed by atoms with Gasteiger partial charge in [0.15, 0.2) is 5.17 Å². The number of benzene rings is 2. The zero-order valence-corrected chi connectivity index (χ0v) is 15.7. The molecule has 1 saturated heterocycles. The minimum absolute atomic E-state index is 0.171. The fraction of sp³-hybridized carbons (Fsp3) is 0.200. The summed E-state index contributed by atoms with van der Waals surface area (Å²) in [7, 11) is 0. The largest absolute Gasteiger partial charge is 0.368 e. The number of hydrogen-bond acceptors (Lipinski definition) is 4. The van der Waals surface area contributed by atoms with Crippen LogP contribution >= 0.6 is 23.4 Å². The van der Waals surface area contributed by atoms with E-state index < -0.39 is 0 Å². The molecule has 6 heteroatoms. The second-order valence-corrected chi connectivity index (χ2v) is 7.62. The average molecular weight is 384 g/mol. The molecule has 0 bridgehead atoms. The third-order valence-corrected chi connectivity index (χ3v) is 5.71. The van der Waals surface area contributed by atoms with Crippen LogP contribution < -0.4 is 4.90 Å². The summed E-state index contributed by atoms with van der Waals surface area (Å²) in [4.78, 5) is 21.7. The molecule has 2 aromatic rings. The number of aliphatic imine (C=N–C) groups is 1. The summed E-state index contributed by atoms with van der Waals surface area (Å²) in [6, 6.07) is 17.9. The first kappa shape index (κ1) is 17.2. The first-order valence-corrected chi connectivity index (χ1v) is 9.71. The summed E-state index contributed by atoms with van der Waals surface area (Å²) in [5.41, 5.74) is 2.16. The van der Waals surface area contributed by atoms with Gasteiger partial charge in [0.1, 0.15) is 0 Å². The molecule has 1 fully saturated rings. The summed E-state index contributed by atoms with van der Waals surface area (Å²) in [6.07, 6.45) is 1.86. The lowest BCUT2D eigenvalue weighted by Gasteiger charge is -2.36. The van der Waals surface area contributed by atoms with Gasteiger partial charge in [-0.2, -0.15) is 4.99 Å². The van der Waals surface area contributed by atoms with Gasteiger partial charge in [-0.1, -0.05) is 41.9 Å². The zero-order chi connectivity index (χ0) is 17.9. The number of carbonyl (C=O) groups excluding carboxylic acids is 1. The van der Waals surface area contributed by atoms with E-state index in [1.807, 2.05) is 36.4 Å². The minimum Gasteiger partial charge on any atom is -0.368 e. The van der Waals surface area contributed by atoms with Crippen molar-refractivity contribution in [1.82, 2.24) is 4.90 Å². The molecule has 2 heterocycles. The Labute approximate surface area is 162 Å². The molecule has 0 saturated carbocycles. The molecule has 26 heavy (non-hydrogen) atoms. The second kappa shape index (κ2) is 7.56. The number of carbonyl (C=O) groups is 1. The number of amidine groups is 1. The highest BCUT2D eigenvalue weighted by molar-refractivity contribution is 8.18. The highest BCUT2D eigenvalue weighted by Gasteiger charge is 2.28. The first-order chi connectivity index (χ1) is 12.7. The number of amides is 1. The fourth-order valence-electron chi connectivity index (χ4n) is 3.08. The van der Waals surface area contributed by atoms with Gasteiger partial charge in [-0.15, -0.1) is 0 Å². The summed E-state index contributed by atoms with van der Waals surface area (Å²) >= 11 is 7.47. The molecular formula is C20H18ClN3OS. The second-order valence-electron chi connectivity index (χ2n) is 6.17. The Balaban J connectivity index is 1.41. The maximum atomic E-state index is 12.3. The van der Waals surface area contributed by atoms with Crippen molar-refractivity contribution in [3.63, 3.8) is 0 Å². The van der Waals surface area contributed by atoms with Crippen molar-refractivity contribution in [1.29, 1.82) is 0 Å². The fourth-order valence-corrected chi connectivity index (χ4v) is 4.24. The number of thioether (sulfide) groups is 1. The van der Waals surface area contributed by atoms with Crippen molar-refractivity contribution in [3.8, 4) is 0 Å². The number of anilines is 1. The summed E-state index contributed by atoms with van der Waals surface area (Å²) in [6.45, 7) is 3.56. The van der Waals surface area contributed by atoms with Crippen molar-refractivity contribution in [2.45, 2.75) is 0 Å². The van der Waals surface area contributed by atoms with Gasteiger partial charge >= 0.3 is 0 Å². The number of rotatable bonds is 2. The predicted octanol–water partition coefficient (Wildman–Crippen LogP) is 4.13. The van der Waals surface area contributed by atoms with Crippen molar-refractivity contribution in [2.75, 3.05) is 31.1 Å². The lowest BCUT2D eigenvalue weighted by Crippen LogP contribution is -2.47. The molecule has 4 rings (SSSR count). The number of hydrogen-bond donors (Lipinski definition) is 0. The van der Waals surface area contributed by atoms with E-state index in [0.717, 1.165) is 36.9 Å². The standard InChI is InChI=1S/C20H18ClN3OS/c21-16-6-4-5-15(13-16)14-18-19(25)22-20(26-18)24-11-9-23(10-12-24)17-7-2-1-3-8-17/h1-8,13-14H,9-12H2/b18-14-. The Morgan fingerprint density at radius 1 is 0.962 bits per heavy atom. The Hall–Kier alpha value is -2.24. The van der Waals surface area contributed by atoms with Crippen LogP contribution in [0, 0.1) is 0 Å². The van der Waals surface area contributed by atoms with Gasteiger partial charge in [0.05, 0.1) is 4.91 Å². The van der Waals surface area contributed by atoms with E-state index in [1.165, 1.54) is 17.4 Å². The van der Waals surface area contributed by atoms with Crippen LogP contribution in [-0.2, 0) is 4.79 Å². The lowest BCUT2D eigenvalue weighted by atomic mass is 10.2. The average Bonchev–Trinajstić information content (AvgIpc) is 3.03. The van der Waals surface area contributed by atoms with E-state index in [0.29, 0.717) is 9.93 Å². The van der Waals surface area contributed by atoms with Gasteiger partial charge in [0.2, 0.25) is 0 Å². The van der Waals surface area contributed by atoms with Crippen LogP contribution in [0.25, 0.3) is 6.08 Å². The molecule has 132 valence electrons. The summed E-state index contributed by atoms with van der Waals surface area (Å²) in [5.74, 6) is -0.171. The van der Waals surface area contributed by atoms with E-state index in [2.05, 4.69) is 39.1 Å². The molecule has 1 amide bonds. The molecule has 2 aliphatic heterocycles. The topological polar surface area (TPSA) is 35.9 Å².